The number of ether oxygens (including phenoxy) is 2. The maximum absolute atomic E-state index is 12.0. The van der Waals surface area contributed by atoms with E-state index in [1.54, 1.807) is 30.4 Å². The lowest BCUT2D eigenvalue weighted by molar-refractivity contribution is -0.130. The molecule has 0 atom stereocenters. The summed E-state index contributed by atoms with van der Waals surface area (Å²) in [6.45, 7) is 0. The van der Waals surface area contributed by atoms with Crippen LogP contribution in [0.25, 0.3) is 6.08 Å². The Kier molecular flexibility index (Phi) is 4.77. The fraction of sp³-hybridized carbons (Fsp3) is 0.0526. The van der Waals surface area contributed by atoms with Crippen molar-refractivity contribution in [3.63, 3.8) is 0 Å². The van der Waals surface area contributed by atoms with Crippen LogP contribution in [0.4, 0.5) is 0 Å². The number of halogens is 1. The highest BCUT2D eigenvalue weighted by molar-refractivity contribution is 6.31. The quantitative estimate of drug-likeness (QED) is 0.618. The number of cyclic esters (lactones) is 1. The Morgan fingerprint density at radius 2 is 1.96 bits per heavy atom. The third-order valence-electron chi connectivity index (χ3n) is 3.35. The molecular weight excluding hydrogens is 326 g/mol. The van der Waals surface area contributed by atoms with Crippen LogP contribution < -0.4 is 4.74 Å². The third kappa shape index (κ3) is 3.55. The second-order valence-electron chi connectivity index (χ2n) is 4.97. The van der Waals surface area contributed by atoms with Crippen molar-refractivity contribution < 1.29 is 14.3 Å². The van der Waals surface area contributed by atoms with Gasteiger partial charge in [0.2, 0.25) is 5.90 Å². The van der Waals surface area contributed by atoms with Gasteiger partial charge in [0.1, 0.15) is 5.75 Å². The van der Waals surface area contributed by atoms with E-state index < -0.39 is 5.97 Å². The van der Waals surface area contributed by atoms with Gasteiger partial charge in [-0.2, -0.15) is 0 Å². The molecule has 0 bridgehead atoms. The van der Waals surface area contributed by atoms with Gasteiger partial charge in [-0.15, -0.1) is 0 Å². The topological polar surface area (TPSA) is 47.9 Å². The van der Waals surface area contributed by atoms with Crippen LogP contribution in [0.15, 0.2) is 71.4 Å². The lowest BCUT2D eigenvalue weighted by Crippen LogP contribution is -2.07. The molecule has 2 aromatic rings. The number of methoxy groups -OCH3 is 1. The van der Waals surface area contributed by atoms with E-state index >= 15 is 0 Å². The average molecular weight is 340 g/mol. The molecule has 5 heteroatoms. The minimum Gasteiger partial charge on any atom is -0.496 e. The van der Waals surface area contributed by atoms with Crippen molar-refractivity contribution >= 4 is 29.5 Å². The van der Waals surface area contributed by atoms with Crippen LogP contribution in [0.3, 0.4) is 0 Å². The first-order valence-electron chi connectivity index (χ1n) is 7.25. The fourth-order valence-electron chi connectivity index (χ4n) is 2.20. The van der Waals surface area contributed by atoms with E-state index in [9.17, 15) is 4.79 Å². The van der Waals surface area contributed by atoms with Crippen molar-refractivity contribution in [3.05, 3.63) is 82.5 Å². The van der Waals surface area contributed by atoms with Gasteiger partial charge in [0.25, 0.3) is 0 Å². The third-order valence-corrected chi connectivity index (χ3v) is 3.59. The number of hydrogen-bond donors (Lipinski definition) is 0. The highest BCUT2D eigenvalue weighted by Crippen LogP contribution is 2.27. The first-order chi connectivity index (χ1) is 11.7. The van der Waals surface area contributed by atoms with Crippen molar-refractivity contribution in [2.24, 2.45) is 4.99 Å². The molecule has 0 fully saturated rings. The molecule has 0 saturated heterocycles. The van der Waals surface area contributed by atoms with E-state index in [-0.39, 0.29) is 11.6 Å². The van der Waals surface area contributed by atoms with Crippen LogP contribution in [-0.4, -0.2) is 19.0 Å². The maximum atomic E-state index is 12.0. The van der Waals surface area contributed by atoms with E-state index in [0.29, 0.717) is 16.3 Å². The molecule has 1 heterocycles. The van der Waals surface area contributed by atoms with Crippen molar-refractivity contribution in [3.8, 4) is 5.75 Å². The van der Waals surface area contributed by atoms with Crippen molar-refractivity contribution in [1.29, 1.82) is 0 Å². The van der Waals surface area contributed by atoms with Crippen LogP contribution in [0.2, 0.25) is 5.02 Å². The van der Waals surface area contributed by atoms with Gasteiger partial charge in [-0.1, -0.05) is 54.1 Å². The summed E-state index contributed by atoms with van der Waals surface area (Å²) in [5.74, 6) is 0.204. The molecule has 1 aliphatic heterocycles. The Hall–Kier alpha value is -2.85. The van der Waals surface area contributed by atoms with E-state index in [2.05, 4.69) is 4.99 Å². The van der Waals surface area contributed by atoms with Gasteiger partial charge >= 0.3 is 5.97 Å². The van der Waals surface area contributed by atoms with Gasteiger partial charge in [-0.25, -0.2) is 9.79 Å². The zero-order valence-electron chi connectivity index (χ0n) is 12.9. The number of benzene rings is 2. The normalized spacial score (nSPS) is 15.7. The second kappa shape index (κ2) is 7.15. The average Bonchev–Trinajstić information content (AvgIpc) is 2.97. The molecule has 2 aromatic carbocycles. The van der Waals surface area contributed by atoms with Crippen LogP contribution in [-0.2, 0) is 9.53 Å². The van der Waals surface area contributed by atoms with Crippen LogP contribution in [0, 0.1) is 0 Å². The van der Waals surface area contributed by atoms with E-state index in [1.807, 2.05) is 36.4 Å². The number of aliphatic imine (C=N–C) groups is 1. The Bertz CT molecular complexity index is 854. The first-order valence-corrected chi connectivity index (χ1v) is 7.63. The smallest absolute Gasteiger partial charge is 0.363 e. The first kappa shape index (κ1) is 16.0. The van der Waals surface area contributed by atoms with Gasteiger partial charge in [-0.05, 0) is 29.8 Å². The molecule has 24 heavy (non-hydrogen) atoms. The van der Waals surface area contributed by atoms with E-state index in [1.165, 1.54) is 7.11 Å². The van der Waals surface area contributed by atoms with Crippen LogP contribution in [0.1, 0.15) is 11.1 Å². The van der Waals surface area contributed by atoms with Crippen molar-refractivity contribution in [2.45, 2.75) is 0 Å². The van der Waals surface area contributed by atoms with Gasteiger partial charge in [-0.3, -0.25) is 0 Å². The Balaban J connectivity index is 1.87. The molecule has 3 rings (SSSR count). The minimum absolute atomic E-state index is 0.179. The number of carbonyl (C=O) groups excluding carboxylic acids is 1. The molecule has 4 nitrogen and oxygen atoms in total. The van der Waals surface area contributed by atoms with Crippen molar-refractivity contribution in [2.75, 3.05) is 7.11 Å². The van der Waals surface area contributed by atoms with Crippen LogP contribution in [0.5, 0.6) is 5.75 Å². The molecule has 120 valence electrons. The molecule has 0 spiro atoms. The van der Waals surface area contributed by atoms with Crippen LogP contribution >= 0.6 is 11.6 Å². The molecule has 0 unspecified atom stereocenters. The van der Waals surface area contributed by atoms with E-state index in [0.717, 1.165) is 5.56 Å². The SMILES string of the molecule is COc1ccc(Cl)cc1C1=N/C(=C/C=C/c2ccccc2)C(=O)O1. The summed E-state index contributed by atoms with van der Waals surface area (Å²) in [7, 11) is 1.53. The molecule has 0 aliphatic carbocycles. The lowest BCUT2D eigenvalue weighted by atomic mass is 10.2. The number of hydrogen-bond acceptors (Lipinski definition) is 4. The van der Waals surface area contributed by atoms with Gasteiger partial charge in [0.15, 0.2) is 5.70 Å². The summed E-state index contributed by atoms with van der Waals surface area (Å²) in [5.41, 5.74) is 1.79. The summed E-state index contributed by atoms with van der Waals surface area (Å²) in [5, 5.41) is 0.506. The molecular formula is C19H14ClNO3. The molecule has 0 radical (unpaired) electrons. The Morgan fingerprint density at radius 3 is 2.71 bits per heavy atom. The number of allylic oxidation sites excluding steroid dienone is 2. The number of carbonyl (C=O) groups is 1. The molecule has 0 amide bonds. The zero-order chi connectivity index (χ0) is 16.9. The molecule has 0 aromatic heterocycles. The number of rotatable bonds is 4. The summed E-state index contributed by atoms with van der Waals surface area (Å²) in [6, 6.07) is 14.8. The Labute approximate surface area is 144 Å². The summed E-state index contributed by atoms with van der Waals surface area (Å²) in [4.78, 5) is 16.2. The largest absolute Gasteiger partial charge is 0.496 e. The number of esters is 1. The van der Waals surface area contributed by atoms with Gasteiger partial charge < -0.3 is 9.47 Å². The predicted molar refractivity (Wildman–Crippen MR) is 94.2 cm³/mol. The molecule has 1 aliphatic rings. The minimum atomic E-state index is -0.509. The van der Waals surface area contributed by atoms with Gasteiger partial charge in [0.05, 0.1) is 12.7 Å². The maximum Gasteiger partial charge on any atom is 0.363 e. The summed E-state index contributed by atoms with van der Waals surface area (Å²) >= 11 is 6.00. The molecule has 0 N–H and O–H groups in total. The second-order valence-corrected chi connectivity index (χ2v) is 5.41. The summed E-state index contributed by atoms with van der Waals surface area (Å²) in [6.07, 6.45) is 5.25. The highest BCUT2D eigenvalue weighted by atomic mass is 35.5. The predicted octanol–water partition coefficient (Wildman–Crippen LogP) is 4.25. The monoisotopic (exact) mass is 339 g/mol. The fourth-order valence-corrected chi connectivity index (χ4v) is 2.37. The van der Waals surface area contributed by atoms with Crippen molar-refractivity contribution in [1.82, 2.24) is 0 Å². The highest BCUT2D eigenvalue weighted by Gasteiger charge is 2.26. The zero-order valence-corrected chi connectivity index (χ0v) is 13.7. The van der Waals surface area contributed by atoms with E-state index in [4.69, 9.17) is 21.1 Å². The standard InChI is InChI=1S/C19H14ClNO3/c1-23-17-11-10-14(20)12-15(17)18-21-16(19(22)24-18)9-5-8-13-6-3-2-4-7-13/h2-12H,1H3/b8-5+,16-9+. The number of nitrogens with zero attached hydrogens (tertiary/aromatic N) is 1. The lowest BCUT2D eigenvalue weighted by Gasteiger charge is -2.07. The Morgan fingerprint density at radius 1 is 1.17 bits per heavy atom. The van der Waals surface area contributed by atoms with Gasteiger partial charge in [0, 0.05) is 5.02 Å². The summed E-state index contributed by atoms with van der Waals surface area (Å²) < 4.78 is 10.5. The molecule has 0 saturated carbocycles.